The van der Waals surface area contributed by atoms with Crippen LogP contribution in [0.1, 0.15) is 110 Å². The lowest BCUT2D eigenvalue weighted by Gasteiger charge is -2.24. The molecule has 2 atom stereocenters. The summed E-state index contributed by atoms with van der Waals surface area (Å²) in [5.74, 6) is -0.341. The summed E-state index contributed by atoms with van der Waals surface area (Å²) in [6.07, 6.45) is 31.6. The molecule has 0 spiro atoms. The van der Waals surface area contributed by atoms with Crippen LogP contribution < -0.4 is 0 Å². The Morgan fingerprint density at radius 3 is 1.89 bits per heavy atom. The van der Waals surface area contributed by atoms with E-state index in [4.69, 9.17) is 18.5 Å². The molecule has 0 aliphatic rings. The van der Waals surface area contributed by atoms with Gasteiger partial charge in [-0.1, -0.05) is 107 Å². The lowest BCUT2D eigenvalue weighted by Crippen LogP contribution is -2.37. The molecular weight excluding hydrogens is 577 g/mol. The van der Waals surface area contributed by atoms with Gasteiger partial charge >= 0.3 is 13.8 Å². The number of carbonyl (C=O) groups is 1. The molecule has 0 saturated heterocycles. The minimum Gasteiger partial charge on any atom is -0.457 e. The van der Waals surface area contributed by atoms with Gasteiger partial charge in [0.25, 0.3) is 0 Å². The third kappa shape index (κ3) is 31.9. The van der Waals surface area contributed by atoms with E-state index in [9.17, 15) is 14.3 Å². The van der Waals surface area contributed by atoms with Crippen LogP contribution in [0.3, 0.4) is 0 Å². The van der Waals surface area contributed by atoms with Crippen molar-refractivity contribution in [3.63, 3.8) is 0 Å². The summed E-state index contributed by atoms with van der Waals surface area (Å²) in [7, 11) is 1.62. The minimum absolute atomic E-state index is 0.0774. The van der Waals surface area contributed by atoms with Crippen LogP contribution in [0.5, 0.6) is 0 Å². The van der Waals surface area contributed by atoms with Crippen molar-refractivity contribution in [1.29, 1.82) is 0 Å². The maximum Gasteiger partial charge on any atom is 0.472 e. The van der Waals surface area contributed by atoms with E-state index in [-0.39, 0.29) is 25.8 Å². The van der Waals surface area contributed by atoms with Crippen molar-refractivity contribution in [2.45, 2.75) is 116 Å². The van der Waals surface area contributed by atoms with Gasteiger partial charge in [0.1, 0.15) is 19.3 Å². The van der Waals surface area contributed by atoms with E-state index in [0.717, 1.165) is 57.8 Å². The van der Waals surface area contributed by atoms with E-state index >= 15 is 0 Å². The molecule has 0 aromatic rings. The van der Waals surface area contributed by atoms with Crippen molar-refractivity contribution >= 4 is 13.8 Å². The summed E-state index contributed by atoms with van der Waals surface area (Å²) in [5.41, 5.74) is 0. The molecule has 0 aliphatic heterocycles. The number of phosphoric ester groups is 1. The maximum absolute atomic E-state index is 12.5. The van der Waals surface area contributed by atoms with E-state index in [1.165, 1.54) is 32.1 Å². The quantitative estimate of drug-likeness (QED) is 0.0275. The summed E-state index contributed by atoms with van der Waals surface area (Å²) in [6, 6.07) is 0. The molecule has 0 saturated carbocycles. The van der Waals surface area contributed by atoms with Gasteiger partial charge in [-0.05, 0) is 44.9 Å². The molecule has 0 aromatic carbocycles. The number of carbonyl (C=O) groups excluding carboxylic acids is 1. The molecule has 2 unspecified atom stereocenters. The molecule has 0 amide bonds. The van der Waals surface area contributed by atoms with Crippen molar-refractivity contribution in [2.75, 3.05) is 54.1 Å². The number of hydrogen-bond acceptors (Lipinski definition) is 6. The Hall–Kier alpha value is -1.54. The second kappa shape index (κ2) is 28.9. The Balaban J connectivity index is 4.45. The van der Waals surface area contributed by atoms with Gasteiger partial charge in [-0.3, -0.25) is 13.8 Å². The largest absolute Gasteiger partial charge is 0.472 e. The van der Waals surface area contributed by atoms with Crippen molar-refractivity contribution < 1.29 is 37.3 Å². The predicted octanol–water partition coefficient (Wildman–Crippen LogP) is 8.87. The SMILES string of the molecule is CC/C=C\C/C=C\C/C=C\C/C=C\CCCOCC(COP(=O)(O)OCC[N+](C)(C)C)OC(=O)CCCCCCCCCC. The van der Waals surface area contributed by atoms with Crippen LogP contribution in [0.2, 0.25) is 0 Å². The van der Waals surface area contributed by atoms with Gasteiger partial charge in [-0.2, -0.15) is 0 Å². The number of quaternary nitrogens is 1. The Morgan fingerprint density at radius 1 is 0.727 bits per heavy atom. The zero-order valence-electron chi connectivity index (χ0n) is 28.6. The van der Waals surface area contributed by atoms with Crippen molar-refractivity contribution in [1.82, 2.24) is 0 Å². The molecule has 0 rings (SSSR count). The van der Waals surface area contributed by atoms with Crippen LogP contribution in [-0.2, 0) is 27.9 Å². The van der Waals surface area contributed by atoms with Crippen LogP contribution in [0.25, 0.3) is 0 Å². The number of esters is 1. The van der Waals surface area contributed by atoms with Crippen molar-refractivity contribution in [2.24, 2.45) is 0 Å². The summed E-state index contributed by atoms with van der Waals surface area (Å²) >= 11 is 0. The zero-order chi connectivity index (χ0) is 32.8. The van der Waals surface area contributed by atoms with Crippen LogP contribution >= 0.6 is 7.82 Å². The summed E-state index contributed by atoms with van der Waals surface area (Å²) in [4.78, 5) is 22.6. The normalized spacial score (nSPS) is 14.8. The topological polar surface area (TPSA) is 91.3 Å². The summed E-state index contributed by atoms with van der Waals surface area (Å²) in [5, 5.41) is 0. The van der Waals surface area contributed by atoms with Crippen LogP contribution in [0.15, 0.2) is 48.6 Å². The predicted molar refractivity (Wildman–Crippen MR) is 182 cm³/mol. The highest BCUT2D eigenvalue weighted by molar-refractivity contribution is 7.47. The number of likely N-dealkylation sites (N-methyl/N-ethyl adjacent to an activating group) is 1. The zero-order valence-corrected chi connectivity index (χ0v) is 29.5. The number of ether oxygens (including phenoxy) is 2. The molecule has 9 heteroatoms. The van der Waals surface area contributed by atoms with Gasteiger partial charge in [0.05, 0.1) is 34.4 Å². The molecule has 0 aromatic heterocycles. The van der Waals surface area contributed by atoms with E-state index < -0.39 is 13.9 Å². The van der Waals surface area contributed by atoms with E-state index in [2.05, 4.69) is 62.5 Å². The van der Waals surface area contributed by atoms with Crippen molar-refractivity contribution in [3.05, 3.63) is 48.6 Å². The molecule has 8 nitrogen and oxygen atoms in total. The smallest absolute Gasteiger partial charge is 0.457 e. The lowest BCUT2D eigenvalue weighted by atomic mass is 10.1. The van der Waals surface area contributed by atoms with E-state index in [1.807, 2.05) is 21.1 Å². The average molecular weight is 643 g/mol. The molecular formula is C35H65NO7P+. The molecule has 0 aliphatic carbocycles. The minimum atomic E-state index is -4.27. The highest BCUT2D eigenvalue weighted by Gasteiger charge is 2.26. The number of hydrogen-bond donors (Lipinski definition) is 1. The molecule has 1 N–H and O–H groups in total. The first-order chi connectivity index (χ1) is 21.1. The Morgan fingerprint density at radius 2 is 1.30 bits per heavy atom. The van der Waals surface area contributed by atoms with Crippen LogP contribution in [0, 0.1) is 0 Å². The number of phosphoric acid groups is 1. The summed E-state index contributed by atoms with van der Waals surface area (Å²) in [6.45, 7) is 5.29. The Bertz CT molecular complexity index is 849. The maximum atomic E-state index is 12.5. The Kier molecular flexibility index (Phi) is 27.9. The molecule has 256 valence electrons. The first-order valence-corrected chi connectivity index (χ1v) is 18.4. The molecule has 0 bridgehead atoms. The monoisotopic (exact) mass is 642 g/mol. The Labute approximate surface area is 269 Å². The first kappa shape index (κ1) is 42.5. The molecule has 0 fully saturated rings. The van der Waals surface area contributed by atoms with Gasteiger partial charge in [0.15, 0.2) is 0 Å². The fourth-order valence-electron chi connectivity index (χ4n) is 4.02. The fourth-order valence-corrected chi connectivity index (χ4v) is 4.77. The number of unbranched alkanes of at least 4 members (excludes halogenated alkanes) is 8. The number of allylic oxidation sites excluding steroid dienone is 8. The third-order valence-electron chi connectivity index (χ3n) is 6.65. The highest BCUT2D eigenvalue weighted by Crippen LogP contribution is 2.43. The number of rotatable bonds is 30. The third-order valence-corrected chi connectivity index (χ3v) is 7.64. The van der Waals surface area contributed by atoms with Crippen molar-refractivity contribution in [3.8, 4) is 0 Å². The first-order valence-electron chi connectivity index (χ1n) is 16.9. The number of nitrogens with zero attached hydrogens (tertiary/aromatic N) is 1. The van der Waals surface area contributed by atoms with Crippen LogP contribution in [0.4, 0.5) is 0 Å². The lowest BCUT2D eigenvalue weighted by molar-refractivity contribution is -0.870. The van der Waals surface area contributed by atoms with Gasteiger partial charge in [-0.25, -0.2) is 4.57 Å². The average Bonchev–Trinajstić information content (AvgIpc) is 2.96. The second-order valence-electron chi connectivity index (χ2n) is 12.2. The van der Waals surface area contributed by atoms with E-state index in [0.29, 0.717) is 24.1 Å². The van der Waals surface area contributed by atoms with Gasteiger partial charge in [-0.15, -0.1) is 0 Å². The van der Waals surface area contributed by atoms with Gasteiger partial charge in [0, 0.05) is 13.0 Å². The van der Waals surface area contributed by atoms with Gasteiger partial charge in [0.2, 0.25) is 0 Å². The molecule has 44 heavy (non-hydrogen) atoms. The van der Waals surface area contributed by atoms with E-state index in [1.54, 1.807) is 0 Å². The molecule has 0 radical (unpaired) electrons. The fraction of sp³-hybridized carbons (Fsp3) is 0.743. The second-order valence-corrected chi connectivity index (χ2v) is 13.6. The molecule has 0 heterocycles. The highest BCUT2D eigenvalue weighted by atomic mass is 31.2. The van der Waals surface area contributed by atoms with Crippen LogP contribution in [-0.4, -0.2) is 75.6 Å². The van der Waals surface area contributed by atoms with Gasteiger partial charge < -0.3 is 18.9 Å². The standard InChI is InChI=1S/C35H64NO7P/c1-6-8-10-12-14-16-17-18-19-20-21-23-25-27-30-40-32-34(33-42-44(38,39)41-31-29-36(3,4)5)43-35(37)28-26-24-22-15-13-11-9-7-2/h8,10,14,16,18-19,21,23,34H,6-7,9,11-13,15,17,20,22,24-33H2,1-5H3/p+1/b10-8-,16-14-,19-18-,23-21-. The summed E-state index contributed by atoms with van der Waals surface area (Å²) < 4.78 is 34.6.